The van der Waals surface area contributed by atoms with Crippen molar-refractivity contribution in [3.63, 3.8) is 0 Å². The molecule has 1 heterocycles. The number of amides is 1. The Morgan fingerprint density at radius 2 is 2.47 bits per heavy atom. The van der Waals surface area contributed by atoms with Crippen LogP contribution in [0.5, 0.6) is 5.19 Å². The molecule has 0 fully saturated rings. The molecular weight excluding hydrogens is 234 g/mol. The molecule has 1 aromatic heterocycles. The SMILES string of the molecule is C=CCOc1nc(SC(=O)N(C)C)ns1. The van der Waals surface area contributed by atoms with Crippen molar-refractivity contribution in [1.29, 1.82) is 0 Å². The third kappa shape index (κ3) is 3.88. The molecule has 0 N–H and O–H groups in total. The van der Waals surface area contributed by atoms with Crippen LogP contribution in [0.25, 0.3) is 0 Å². The lowest BCUT2D eigenvalue weighted by molar-refractivity contribution is 0.241. The summed E-state index contributed by atoms with van der Waals surface area (Å²) in [7, 11) is 3.35. The van der Waals surface area contributed by atoms with Crippen molar-refractivity contribution >= 4 is 28.5 Å². The zero-order valence-corrected chi connectivity index (χ0v) is 10.1. The van der Waals surface area contributed by atoms with E-state index in [0.717, 1.165) is 23.3 Å². The molecule has 1 aromatic rings. The van der Waals surface area contributed by atoms with Gasteiger partial charge in [-0.3, -0.25) is 4.79 Å². The summed E-state index contributed by atoms with van der Waals surface area (Å²) in [5, 5.41) is 0.754. The Morgan fingerprint density at radius 1 is 1.73 bits per heavy atom. The molecule has 0 unspecified atom stereocenters. The lowest BCUT2D eigenvalue weighted by Crippen LogP contribution is -2.16. The highest BCUT2D eigenvalue weighted by atomic mass is 32.2. The van der Waals surface area contributed by atoms with E-state index >= 15 is 0 Å². The Balaban J connectivity index is 2.52. The number of carbonyl (C=O) groups excluding carboxylic acids is 1. The Bertz CT molecular complexity index is 351. The van der Waals surface area contributed by atoms with E-state index in [0.29, 0.717) is 17.0 Å². The zero-order valence-electron chi connectivity index (χ0n) is 8.47. The van der Waals surface area contributed by atoms with Crippen LogP contribution in [0, 0.1) is 0 Å². The van der Waals surface area contributed by atoms with E-state index in [-0.39, 0.29) is 5.24 Å². The minimum Gasteiger partial charge on any atom is -0.465 e. The second-order valence-corrected chi connectivity index (χ2v) is 4.34. The van der Waals surface area contributed by atoms with Gasteiger partial charge in [0.2, 0.25) is 5.16 Å². The fraction of sp³-hybridized carbons (Fsp3) is 0.375. The van der Waals surface area contributed by atoms with E-state index in [9.17, 15) is 4.79 Å². The number of ether oxygens (including phenoxy) is 1. The van der Waals surface area contributed by atoms with Crippen molar-refractivity contribution in [2.24, 2.45) is 0 Å². The van der Waals surface area contributed by atoms with Gasteiger partial charge in [0.15, 0.2) is 0 Å². The molecule has 0 aliphatic rings. The highest BCUT2D eigenvalue weighted by Gasteiger charge is 2.12. The van der Waals surface area contributed by atoms with Crippen LogP contribution in [0.1, 0.15) is 0 Å². The quantitative estimate of drug-likeness (QED) is 0.599. The Labute approximate surface area is 96.3 Å². The van der Waals surface area contributed by atoms with E-state index in [1.54, 1.807) is 20.2 Å². The van der Waals surface area contributed by atoms with Gasteiger partial charge in [-0.15, -0.1) is 0 Å². The summed E-state index contributed by atoms with van der Waals surface area (Å²) >= 11 is 2.10. The van der Waals surface area contributed by atoms with Gasteiger partial charge in [0.1, 0.15) is 6.61 Å². The van der Waals surface area contributed by atoms with Crippen molar-refractivity contribution in [3.05, 3.63) is 12.7 Å². The predicted molar refractivity (Wildman–Crippen MR) is 60.5 cm³/mol. The van der Waals surface area contributed by atoms with Crippen LogP contribution in [-0.2, 0) is 0 Å². The molecule has 1 amide bonds. The molecule has 7 heteroatoms. The van der Waals surface area contributed by atoms with Crippen LogP contribution >= 0.6 is 23.3 Å². The van der Waals surface area contributed by atoms with E-state index in [2.05, 4.69) is 15.9 Å². The summed E-state index contributed by atoms with van der Waals surface area (Å²) in [6.45, 7) is 3.91. The van der Waals surface area contributed by atoms with Gasteiger partial charge >= 0.3 is 0 Å². The lowest BCUT2D eigenvalue weighted by Gasteiger charge is -2.06. The maximum atomic E-state index is 11.3. The van der Waals surface area contributed by atoms with Crippen LogP contribution < -0.4 is 4.74 Å². The molecular formula is C8H11N3O2S2. The topological polar surface area (TPSA) is 55.3 Å². The second-order valence-electron chi connectivity index (χ2n) is 2.70. The summed E-state index contributed by atoms with van der Waals surface area (Å²) in [5.74, 6) is 0. The standard InChI is InChI=1S/C8H11N3O2S2/c1-4-5-13-7-9-6(10-15-7)14-8(12)11(2)3/h4H,1,5H2,2-3H3. The largest absolute Gasteiger partial charge is 0.465 e. The second kappa shape index (κ2) is 5.72. The number of carbonyl (C=O) groups is 1. The molecule has 15 heavy (non-hydrogen) atoms. The van der Waals surface area contributed by atoms with Crippen LogP contribution in [0.2, 0.25) is 0 Å². The van der Waals surface area contributed by atoms with E-state index in [1.807, 2.05) is 0 Å². The third-order valence-corrected chi connectivity index (χ3v) is 2.91. The highest BCUT2D eigenvalue weighted by molar-refractivity contribution is 8.13. The number of hydrogen-bond acceptors (Lipinski definition) is 6. The summed E-state index contributed by atoms with van der Waals surface area (Å²) < 4.78 is 9.14. The normalized spacial score (nSPS) is 9.73. The molecule has 82 valence electrons. The molecule has 0 aliphatic carbocycles. The Morgan fingerprint density at radius 3 is 3.07 bits per heavy atom. The van der Waals surface area contributed by atoms with Crippen LogP contribution in [0.15, 0.2) is 17.8 Å². The maximum absolute atomic E-state index is 11.3. The van der Waals surface area contributed by atoms with Crippen LogP contribution in [0.3, 0.4) is 0 Å². The molecule has 0 bridgehead atoms. The lowest BCUT2D eigenvalue weighted by atomic mass is 10.7. The molecule has 1 rings (SSSR count). The van der Waals surface area contributed by atoms with Gasteiger partial charge < -0.3 is 9.64 Å². The number of aromatic nitrogens is 2. The Hall–Kier alpha value is -1.08. The number of thioether (sulfide) groups is 1. The molecule has 0 aromatic carbocycles. The first-order valence-corrected chi connectivity index (χ1v) is 5.69. The van der Waals surface area contributed by atoms with Crippen molar-refractivity contribution in [2.75, 3.05) is 20.7 Å². The van der Waals surface area contributed by atoms with Gasteiger partial charge in [-0.1, -0.05) is 12.7 Å². The molecule has 0 aliphatic heterocycles. The average Bonchev–Trinajstić information content (AvgIpc) is 2.62. The first-order chi connectivity index (χ1) is 7.13. The summed E-state index contributed by atoms with van der Waals surface area (Å²) in [6, 6.07) is 0. The van der Waals surface area contributed by atoms with Gasteiger partial charge in [-0.2, -0.15) is 9.36 Å². The zero-order chi connectivity index (χ0) is 11.3. The van der Waals surface area contributed by atoms with Crippen LogP contribution in [-0.4, -0.2) is 40.2 Å². The van der Waals surface area contributed by atoms with Crippen molar-refractivity contribution in [2.45, 2.75) is 5.16 Å². The molecule has 0 radical (unpaired) electrons. The summed E-state index contributed by atoms with van der Waals surface area (Å²) in [5.41, 5.74) is 0. The smallest absolute Gasteiger partial charge is 0.294 e. The summed E-state index contributed by atoms with van der Waals surface area (Å²) in [4.78, 5) is 16.8. The van der Waals surface area contributed by atoms with E-state index < -0.39 is 0 Å². The van der Waals surface area contributed by atoms with Gasteiger partial charge in [0, 0.05) is 37.4 Å². The van der Waals surface area contributed by atoms with Gasteiger partial charge in [0.25, 0.3) is 10.4 Å². The molecule has 0 atom stereocenters. The van der Waals surface area contributed by atoms with Crippen molar-refractivity contribution in [1.82, 2.24) is 14.3 Å². The maximum Gasteiger partial charge on any atom is 0.294 e. The number of hydrogen-bond donors (Lipinski definition) is 0. The molecule has 5 nitrogen and oxygen atoms in total. The summed E-state index contributed by atoms with van der Waals surface area (Å²) in [6.07, 6.45) is 1.62. The van der Waals surface area contributed by atoms with Crippen molar-refractivity contribution in [3.8, 4) is 5.19 Å². The van der Waals surface area contributed by atoms with Gasteiger partial charge in [-0.25, -0.2) is 0 Å². The predicted octanol–water partition coefficient (Wildman–Crippen LogP) is 1.88. The van der Waals surface area contributed by atoms with E-state index in [4.69, 9.17) is 4.74 Å². The van der Waals surface area contributed by atoms with Crippen molar-refractivity contribution < 1.29 is 9.53 Å². The third-order valence-electron chi connectivity index (χ3n) is 1.26. The van der Waals surface area contributed by atoms with Gasteiger partial charge in [-0.05, 0) is 0 Å². The van der Waals surface area contributed by atoms with E-state index in [1.165, 1.54) is 4.90 Å². The first kappa shape index (κ1) is 12.0. The monoisotopic (exact) mass is 245 g/mol. The molecule has 0 spiro atoms. The average molecular weight is 245 g/mol. The highest BCUT2D eigenvalue weighted by Crippen LogP contribution is 2.23. The number of nitrogens with zero attached hydrogens (tertiary/aromatic N) is 3. The molecule has 0 saturated heterocycles. The van der Waals surface area contributed by atoms with Crippen LogP contribution in [0.4, 0.5) is 4.79 Å². The number of rotatable bonds is 4. The first-order valence-electron chi connectivity index (χ1n) is 4.10. The Kier molecular flexibility index (Phi) is 4.57. The minimum atomic E-state index is -0.108. The fourth-order valence-electron chi connectivity index (χ4n) is 0.597. The molecule has 0 saturated carbocycles. The fourth-order valence-corrected chi connectivity index (χ4v) is 1.83. The minimum absolute atomic E-state index is 0.108. The van der Waals surface area contributed by atoms with Gasteiger partial charge in [0.05, 0.1) is 0 Å².